The summed E-state index contributed by atoms with van der Waals surface area (Å²) in [5.41, 5.74) is 0.970. The van der Waals surface area contributed by atoms with Crippen LogP contribution in [0.3, 0.4) is 0 Å². The van der Waals surface area contributed by atoms with Gasteiger partial charge in [-0.1, -0.05) is 17.7 Å². The van der Waals surface area contributed by atoms with Crippen molar-refractivity contribution in [1.82, 2.24) is 0 Å². The largest absolute Gasteiger partial charge is 0.326 e. The molecule has 1 aliphatic heterocycles. The van der Waals surface area contributed by atoms with Crippen molar-refractivity contribution in [3.63, 3.8) is 0 Å². The third-order valence-corrected chi connectivity index (χ3v) is 6.89. The van der Waals surface area contributed by atoms with E-state index in [9.17, 15) is 13.2 Å². The highest BCUT2D eigenvalue weighted by Crippen LogP contribution is 2.33. The monoisotopic (exact) mass is 384 g/mol. The zero-order valence-electron chi connectivity index (χ0n) is 12.9. The zero-order chi connectivity index (χ0) is 17.2. The average Bonchev–Trinajstić information content (AvgIpc) is 3.16. The Hall–Kier alpha value is -1.57. The lowest BCUT2D eigenvalue weighted by Crippen LogP contribution is -2.25. The number of carbonyl (C=O) groups excluding carboxylic acids is 1. The molecule has 0 radical (unpaired) electrons. The summed E-state index contributed by atoms with van der Waals surface area (Å²) >= 11 is 7.77. The van der Waals surface area contributed by atoms with Crippen molar-refractivity contribution in [2.75, 3.05) is 21.9 Å². The Morgan fingerprint density at radius 1 is 1.33 bits per heavy atom. The summed E-state index contributed by atoms with van der Waals surface area (Å²) < 4.78 is 25.4. The van der Waals surface area contributed by atoms with Crippen molar-refractivity contribution >= 4 is 50.2 Å². The maximum absolute atomic E-state index is 12.1. The fourth-order valence-electron chi connectivity index (χ4n) is 2.61. The third-order valence-electron chi connectivity index (χ3n) is 3.78. The topological polar surface area (TPSA) is 66.5 Å². The van der Waals surface area contributed by atoms with Crippen molar-refractivity contribution in [2.24, 2.45) is 0 Å². The summed E-state index contributed by atoms with van der Waals surface area (Å²) in [6, 6.07) is 8.86. The zero-order valence-corrected chi connectivity index (χ0v) is 15.3. The number of nitrogens with zero attached hydrogens (tertiary/aromatic N) is 1. The van der Waals surface area contributed by atoms with E-state index in [2.05, 4.69) is 5.32 Å². The van der Waals surface area contributed by atoms with Gasteiger partial charge in [-0.3, -0.25) is 9.10 Å². The molecule has 0 spiro atoms. The highest BCUT2D eigenvalue weighted by atomic mass is 35.5. The van der Waals surface area contributed by atoms with Gasteiger partial charge in [-0.25, -0.2) is 8.42 Å². The van der Waals surface area contributed by atoms with Crippen molar-refractivity contribution in [3.8, 4) is 0 Å². The Bertz CT molecular complexity index is 835. The summed E-state index contributed by atoms with van der Waals surface area (Å²) in [6.45, 7) is 0.415. The molecule has 1 aliphatic rings. The molecule has 0 atom stereocenters. The lowest BCUT2D eigenvalue weighted by molar-refractivity contribution is -0.116. The Morgan fingerprint density at radius 2 is 2.17 bits per heavy atom. The Balaban J connectivity index is 1.70. The second-order valence-electron chi connectivity index (χ2n) is 5.54. The molecular weight excluding hydrogens is 368 g/mol. The molecule has 2 aromatic rings. The van der Waals surface area contributed by atoms with Gasteiger partial charge in [0.1, 0.15) is 0 Å². The molecule has 1 aromatic heterocycles. The van der Waals surface area contributed by atoms with Gasteiger partial charge in [-0.05, 0) is 42.5 Å². The Kier molecular flexibility index (Phi) is 5.12. The van der Waals surface area contributed by atoms with E-state index in [0.717, 1.165) is 4.88 Å². The van der Waals surface area contributed by atoms with Crippen LogP contribution in [-0.2, 0) is 21.2 Å². The van der Waals surface area contributed by atoms with E-state index in [1.807, 2.05) is 17.5 Å². The van der Waals surface area contributed by atoms with E-state index in [0.29, 0.717) is 42.2 Å². The lowest BCUT2D eigenvalue weighted by atomic mass is 10.2. The molecule has 1 aromatic carbocycles. The van der Waals surface area contributed by atoms with Gasteiger partial charge in [0.2, 0.25) is 15.9 Å². The molecule has 1 N–H and O–H groups in total. The minimum atomic E-state index is -3.31. The Labute approximate surface area is 150 Å². The van der Waals surface area contributed by atoms with Crippen LogP contribution in [0.15, 0.2) is 35.7 Å². The van der Waals surface area contributed by atoms with Crippen LogP contribution in [0.5, 0.6) is 0 Å². The second-order valence-corrected chi connectivity index (χ2v) is 8.99. The molecule has 128 valence electrons. The van der Waals surface area contributed by atoms with Crippen LogP contribution in [0.25, 0.3) is 0 Å². The van der Waals surface area contributed by atoms with Crippen LogP contribution >= 0.6 is 22.9 Å². The maximum Gasteiger partial charge on any atom is 0.235 e. The summed E-state index contributed by atoms with van der Waals surface area (Å²) in [4.78, 5) is 13.2. The van der Waals surface area contributed by atoms with Crippen LogP contribution in [0.4, 0.5) is 11.4 Å². The molecule has 2 heterocycles. The van der Waals surface area contributed by atoms with Gasteiger partial charge < -0.3 is 5.32 Å². The molecule has 1 fully saturated rings. The molecule has 24 heavy (non-hydrogen) atoms. The minimum Gasteiger partial charge on any atom is -0.326 e. The van der Waals surface area contributed by atoms with Crippen molar-refractivity contribution in [3.05, 3.63) is 45.6 Å². The third kappa shape index (κ3) is 3.91. The normalized spacial score (nSPS) is 16.3. The standard InChI is InChI=1S/C16H17ClN2O3S2/c17-14-6-4-12(11-15(14)19-8-2-10-24(19,21)22)18-16(20)7-5-13-3-1-9-23-13/h1,3-4,6,9,11H,2,5,7-8,10H2,(H,18,20). The SMILES string of the molecule is O=C(CCc1cccs1)Nc1ccc(Cl)c(N2CCCS2(=O)=O)c1. The maximum atomic E-state index is 12.1. The van der Waals surface area contributed by atoms with Crippen LogP contribution in [0.2, 0.25) is 5.02 Å². The fraction of sp³-hybridized carbons (Fsp3) is 0.312. The van der Waals surface area contributed by atoms with Gasteiger partial charge in [-0.2, -0.15) is 0 Å². The predicted molar refractivity (Wildman–Crippen MR) is 98.5 cm³/mol. The molecule has 0 saturated carbocycles. The number of hydrogen-bond donors (Lipinski definition) is 1. The number of halogens is 1. The number of nitrogens with one attached hydrogen (secondary N) is 1. The quantitative estimate of drug-likeness (QED) is 0.857. The number of benzene rings is 1. The number of thiophene rings is 1. The summed E-state index contributed by atoms with van der Waals surface area (Å²) in [5, 5.41) is 5.15. The van der Waals surface area contributed by atoms with Gasteiger partial charge in [-0.15, -0.1) is 11.3 Å². The molecule has 8 heteroatoms. The van der Waals surface area contributed by atoms with E-state index in [-0.39, 0.29) is 11.7 Å². The first-order valence-electron chi connectivity index (χ1n) is 7.58. The predicted octanol–water partition coefficient (Wildman–Crippen LogP) is 3.51. The Morgan fingerprint density at radius 3 is 2.83 bits per heavy atom. The second kappa shape index (κ2) is 7.13. The fourth-order valence-corrected chi connectivity index (χ4v) is 5.16. The summed E-state index contributed by atoms with van der Waals surface area (Å²) in [5.74, 6) is 0.0155. The molecular formula is C16H17ClN2O3S2. The number of rotatable bonds is 5. The summed E-state index contributed by atoms with van der Waals surface area (Å²) in [6.07, 6.45) is 1.64. The molecule has 1 amide bonds. The van der Waals surface area contributed by atoms with Gasteiger partial charge in [0.25, 0.3) is 0 Å². The highest BCUT2D eigenvalue weighted by molar-refractivity contribution is 7.93. The van der Waals surface area contributed by atoms with E-state index in [1.54, 1.807) is 29.5 Å². The number of anilines is 2. The number of hydrogen-bond acceptors (Lipinski definition) is 4. The van der Waals surface area contributed by atoms with Crippen molar-refractivity contribution in [1.29, 1.82) is 0 Å². The molecule has 0 bridgehead atoms. The molecule has 0 aliphatic carbocycles. The van der Waals surface area contributed by atoms with Gasteiger partial charge in [0.05, 0.1) is 16.5 Å². The van der Waals surface area contributed by atoms with Crippen LogP contribution in [-0.4, -0.2) is 26.6 Å². The van der Waals surface area contributed by atoms with Crippen LogP contribution < -0.4 is 9.62 Å². The van der Waals surface area contributed by atoms with Crippen LogP contribution in [0.1, 0.15) is 17.7 Å². The first kappa shape index (κ1) is 17.3. The molecule has 0 unspecified atom stereocenters. The van der Waals surface area contributed by atoms with E-state index < -0.39 is 10.0 Å². The van der Waals surface area contributed by atoms with Gasteiger partial charge >= 0.3 is 0 Å². The number of amides is 1. The van der Waals surface area contributed by atoms with Crippen molar-refractivity contribution < 1.29 is 13.2 Å². The van der Waals surface area contributed by atoms with E-state index >= 15 is 0 Å². The molecule has 5 nitrogen and oxygen atoms in total. The highest BCUT2D eigenvalue weighted by Gasteiger charge is 2.30. The van der Waals surface area contributed by atoms with Gasteiger partial charge in [0, 0.05) is 23.5 Å². The molecule has 1 saturated heterocycles. The number of aryl methyl sites for hydroxylation is 1. The molecule has 3 rings (SSSR count). The number of sulfonamides is 1. The van der Waals surface area contributed by atoms with E-state index in [1.165, 1.54) is 4.31 Å². The van der Waals surface area contributed by atoms with E-state index in [4.69, 9.17) is 11.6 Å². The minimum absolute atomic E-state index is 0.110. The number of carbonyl (C=O) groups is 1. The van der Waals surface area contributed by atoms with Crippen molar-refractivity contribution in [2.45, 2.75) is 19.3 Å². The first-order valence-corrected chi connectivity index (χ1v) is 10.4. The average molecular weight is 385 g/mol. The smallest absolute Gasteiger partial charge is 0.235 e. The van der Waals surface area contributed by atoms with Crippen LogP contribution in [0, 0.1) is 0 Å². The first-order chi connectivity index (χ1) is 11.5. The van der Waals surface area contributed by atoms with Gasteiger partial charge in [0.15, 0.2) is 0 Å². The summed E-state index contributed by atoms with van der Waals surface area (Å²) in [7, 11) is -3.31. The lowest BCUT2D eigenvalue weighted by Gasteiger charge is -2.19.